The van der Waals surface area contributed by atoms with E-state index < -0.39 is 19.9 Å². The standard InChI is InChI=1S/C10H12Cl6I2N4O2/c11-9(12,13)7(21(17)5-23)19-1-2-20(4-3-19)8(10(14,15)16)22(18)6-24/h5-8H,1-4H2. The van der Waals surface area contributed by atoms with Crippen molar-refractivity contribution >= 4 is 128 Å². The second kappa shape index (κ2) is 10.0. The van der Waals surface area contributed by atoms with E-state index in [2.05, 4.69) is 0 Å². The first-order valence-electron chi connectivity index (χ1n) is 6.33. The highest BCUT2D eigenvalue weighted by Crippen LogP contribution is 2.39. The summed E-state index contributed by atoms with van der Waals surface area (Å²) in [5.41, 5.74) is 0. The Bertz CT molecular complexity index is 404. The number of carbonyl (C=O) groups is 2. The molecule has 6 nitrogen and oxygen atoms in total. The van der Waals surface area contributed by atoms with Gasteiger partial charge in [0.1, 0.15) is 12.3 Å². The van der Waals surface area contributed by atoms with Crippen molar-refractivity contribution in [2.45, 2.75) is 19.9 Å². The monoisotopic (exact) mass is 684 g/mol. The minimum atomic E-state index is -1.68. The molecule has 0 radical (unpaired) electrons. The quantitative estimate of drug-likeness (QED) is 0.186. The molecule has 2 amide bonds. The zero-order valence-electron chi connectivity index (χ0n) is 11.8. The van der Waals surface area contributed by atoms with Crippen LogP contribution in [-0.4, -0.2) is 74.9 Å². The molecule has 1 fully saturated rings. The Balaban J connectivity index is 2.87. The highest BCUT2D eigenvalue weighted by molar-refractivity contribution is 14.1. The van der Waals surface area contributed by atoms with E-state index >= 15 is 0 Å². The molecule has 1 aliphatic rings. The summed E-state index contributed by atoms with van der Waals surface area (Å²) in [7, 11) is 0. The molecule has 0 N–H and O–H groups in total. The van der Waals surface area contributed by atoms with Crippen molar-refractivity contribution < 1.29 is 9.59 Å². The molecule has 1 saturated heterocycles. The normalized spacial score (nSPS) is 20.3. The highest BCUT2D eigenvalue weighted by atomic mass is 127. The fraction of sp³-hybridized carbons (Fsp3) is 0.800. The third kappa shape index (κ3) is 6.59. The maximum atomic E-state index is 11.1. The fourth-order valence-corrected chi connectivity index (χ4v) is 6.33. The van der Waals surface area contributed by atoms with Crippen LogP contribution in [0.3, 0.4) is 0 Å². The van der Waals surface area contributed by atoms with Crippen LogP contribution >= 0.6 is 115 Å². The lowest BCUT2D eigenvalue weighted by molar-refractivity contribution is -0.119. The van der Waals surface area contributed by atoms with Crippen LogP contribution in [0.25, 0.3) is 0 Å². The van der Waals surface area contributed by atoms with Crippen LogP contribution in [0.2, 0.25) is 0 Å². The summed E-state index contributed by atoms with van der Waals surface area (Å²) in [6.45, 7) is 1.80. The zero-order chi connectivity index (χ0) is 18.7. The van der Waals surface area contributed by atoms with Gasteiger partial charge in [0.15, 0.2) is 0 Å². The molecule has 140 valence electrons. The van der Waals surface area contributed by atoms with Crippen molar-refractivity contribution in [3.05, 3.63) is 0 Å². The van der Waals surface area contributed by atoms with Crippen molar-refractivity contribution in [2.24, 2.45) is 0 Å². The predicted octanol–water partition coefficient (Wildman–Crippen LogP) is 3.61. The molecular formula is C10H12Cl6I2N4O2. The van der Waals surface area contributed by atoms with Crippen molar-refractivity contribution in [1.29, 1.82) is 0 Å². The molecule has 14 heteroatoms. The molecule has 1 rings (SSSR count). The van der Waals surface area contributed by atoms with Crippen LogP contribution in [0.15, 0.2) is 0 Å². The molecule has 2 unspecified atom stereocenters. The summed E-state index contributed by atoms with van der Waals surface area (Å²) >= 11 is 39.6. The van der Waals surface area contributed by atoms with E-state index in [0.717, 1.165) is 0 Å². The molecule has 0 aromatic rings. The largest absolute Gasteiger partial charge is 0.278 e. The molecular weight excluding hydrogens is 675 g/mol. The Morgan fingerprint density at radius 2 is 1.00 bits per heavy atom. The first-order valence-corrected chi connectivity index (χ1v) is 10.5. The number of halogens is 8. The van der Waals surface area contributed by atoms with Gasteiger partial charge in [0.05, 0.1) is 45.7 Å². The van der Waals surface area contributed by atoms with Gasteiger partial charge in [0, 0.05) is 26.2 Å². The summed E-state index contributed by atoms with van der Waals surface area (Å²) in [6, 6.07) is 0. The summed E-state index contributed by atoms with van der Waals surface area (Å²) < 4.78 is -0.834. The van der Waals surface area contributed by atoms with Gasteiger partial charge in [-0.05, 0) is 0 Å². The van der Waals surface area contributed by atoms with Crippen LogP contribution in [0.5, 0.6) is 0 Å². The van der Waals surface area contributed by atoms with E-state index in [0.29, 0.717) is 39.0 Å². The average Bonchev–Trinajstić information content (AvgIpc) is 2.46. The average molecular weight is 687 g/mol. The van der Waals surface area contributed by atoms with E-state index in [1.807, 2.05) is 9.80 Å². The first kappa shape index (κ1) is 24.1. The molecule has 0 bridgehead atoms. The number of hydrogen-bond donors (Lipinski definition) is 0. The Kier molecular flexibility index (Phi) is 10.1. The lowest BCUT2D eigenvalue weighted by atomic mass is 10.2. The summed E-state index contributed by atoms with van der Waals surface area (Å²) in [6.07, 6.45) is -0.308. The number of hydrogen-bond acceptors (Lipinski definition) is 4. The Labute approximate surface area is 197 Å². The van der Waals surface area contributed by atoms with Crippen molar-refractivity contribution in [3.63, 3.8) is 0 Å². The van der Waals surface area contributed by atoms with Gasteiger partial charge in [0.25, 0.3) is 0 Å². The Morgan fingerprint density at radius 3 is 1.17 bits per heavy atom. The van der Waals surface area contributed by atoms with Gasteiger partial charge in [-0.1, -0.05) is 69.6 Å². The van der Waals surface area contributed by atoms with Gasteiger partial charge in [-0.2, -0.15) is 0 Å². The lowest BCUT2D eigenvalue weighted by Gasteiger charge is -2.46. The van der Waals surface area contributed by atoms with Gasteiger partial charge in [-0.3, -0.25) is 25.6 Å². The molecule has 0 saturated carbocycles. The smallest absolute Gasteiger partial charge is 0.224 e. The minimum Gasteiger partial charge on any atom is -0.278 e. The molecule has 0 aromatic heterocycles. The molecule has 1 heterocycles. The highest BCUT2D eigenvalue weighted by Gasteiger charge is 2.45. The van der Waals surface area contributed by atoms with Crippen LogP contribution in [0.1, 0.15) is 0 Å². The maximum absolute atomic E-state index is 11.1. The number of amides is 2. The van der Waals surface area contributed by atoms with Crippen LogP contribution in [-0.2, 0) is 9.59 Å². The van der Waals surface area contributed by atoms with Crippen LogP contribution in [0.4, 0.5) is 0 Å². The summed E-state index contributed by atoms with van der Waals surface area (Å²) in [4.78, 5) is 25.8. The van der Waals surface area contributed by atoms with E-state index in [9.17, 15) is 9.59 Å². The molecule has 2 atom stereocenters. The van der Waals surface area contributed by atoms with Crippen LogP contribution < -0.4 is 0 Å². The van der Waals surface area contributed by atoms with Gasteiger partial charge in [-0.15, -0.1) is 0 Å². The molecule has 24 heavy (non-hydrogen) atoms. The molecule has 1 aliphatic heterocycles. The Hall–Kier alpha value is 2.06. The maximum Gasteiger partial charge on any atom is 0.224 e. The Morgan fingerprint density at radius 1 is 0.750 bits per heavy atom. The van der Waals surface area contributed by atoms with Gasteiger partial charge in [-0.25, -0.2) is 0 Å². The van der Waals surface area contributed by atoms with Gasteiger partial charge < -0.3 is 0 Å². The van der Waals surface area contributed by atoms with E-state index in [4.69, 9.17) is 69.6 Å². The number of rotatable bonds is 6. The van der Waals surface area contributed by atoms with Crippen molar-refractivity contribution in [1.82, 2.24) is 16.0 Å². The number of piperazine rings is 1. The van der Waals surface area contributed by atoms with Gasteiger partial charge in [0.2, 0.25) is 20.4 Å². The topological polar surface area (TPSA) is 47.1 Å². The van der Waals surface area contributed by atoms with Gasteiger partial charge >= 0.3 is 0 Å². The second-order valence-corrected chi connectivity index (χ2v) is 11.8. The fourth-order valence-electron chi connectivity index (χ4n) is 2.35. The van der Waals surface area contributed by atoms with E-state index in [-0.39, 0.29) is 0 Å². The second-order valence-electron chi connectivity index (χ2n) is 4.80. The zero-order valence-corrected chi connectivity index (χ0v) is 20.6. The SMILES string of the molecule is O=CN(I)C(N1CCN(C(N(I)C=O)C(Cl)(Cl)Cl)CC1)C(Cl)(Cl)Cl. The third-order valence-corrected chi connectivity index (χ3v) is 5.98. The van der Waals surface area contributed by atoms with E-state index in [1.165, 1.54) is 6.23 Å². The third-order valence-electron chi connectivity index (χ3n) is 3.29. The molecule has 0 spiro atoms. The summed E-state index contributed by atoms with van der Waals surface area (Å²) in [5, 5.41) is 0. The van der Waals surface area contributed by atoms with Crippen molar-refractivity contribution in [2.75, 3.05) is 26.2 Å². The minimum absolute atomic E-state index is 0.451. The molecule has 0 aromatic carbocycles. The lowest BCUT2D eigenvalue weighted by Crippen LogP contribution is -2.62. The predicted molar refractivity (Wildman–Crippen MR) is 115 cm³/mol. The molecule has 0 aliphatic carbocycles. The summed E-state index contributed by atoms with van der Waals surface area (Å²) in [5.74, 6) is 0. The first-order chi connectivity index (χ1) is 10.9. The number of nitrogens with zero attached hydrogens (tertiary/aromatic N) is 4. The van der Waals surface area contributed by atoms with Crippen molar-refractivity contribution in [3.8, 4) is 0 Å². The number of carbonyl (C=O) groups excluding carboxylic acids is 2. The number of alkyl halides is 6. The van der Waals surface area contributed by atoms with E-state index in [1.54, 1.807) is 45.7 Å². The van der Waals surface area contributed by atoms with Crippen LogP contribution in [0, 0.1) is 0 Å².